The number of carbonyl (C=O) groups excluding carboxylic acids is 2. The van der Waals surface area contributed by atoms with E-state index >= 15 is 0 Å². The topological polar surface area (TPSA) is 115 Å². The highest BCUT2D eigenvalue weighted by atomic mass is 35.5. The molecule has 0 fully saturated rings. The molecule has 0 spiro atoms. The van der Waals surface area contributed by atoms with Crippen LogP contribution in [0.25, 0.3) is 11.2 Å². The lowest BCUT2D eigenvalue weighted by atomic mass is 10.2. The minimum absolute atomic E-state index is 0.104. The maximum absolute atomic E-state index is 12.1. The summed E-state index contributed by atoms with van der Waals surface area (Å²) in [6.45, 7) is 0.212. The van der Waals surface area contributed by atoms with Gasteiger partial charge in [0.25, 0.3) is 0 Å². The molecule has 4 aromatic rings. The summed E-state index contributed by atoms with van der Waals surface area (Å²) >= 11 is 6.25. The van der Waals surface area contributed by atoms with Gasteiger partial charge in [-0.2, -0.15) is 0 Å². The van der Waals surface area contributed by atoms with Crippen molar-refractivity contribution in [3.63, 3.8) is 0 Å². The van der Waals surface area contributed by atoms with Crippen LogP contribution < -0.4 is 10.6 Å². The van der Waals surface area contributed by atoms with E-state index in [-0.39, 0.29) is 35.5 Å². The molecular weight excluding hydrogens is 446 g/mol. The number of pyridine rings is 1. The predicted octanol–water partition coefficient (Wildman–Crippen LogP) is 5.18. The van der Waals surface area contributed by atoms with E-state index in [2.05, 4.69) is 25.6 Å². The Bertz CT molecular complexity index is 1270. The van der Waals surface area contributed by atoms with E-state index in [9.17, 15) is 9.59 Å². The molecular formula is C23H18ClN5O4. The largest absolute Gasteiger partial charge is 0.444 e. The van der Waals surface area contributed by atoms with Crippen molar-refractivity contribution in [2.45, 2.75) is 13.2 Å². The van der Waals surface area contributed by atoms with Gasteiger partial charge in [0.1, 0.15) is 24.5 Å². The van der Waals surface area contributed by atoms with Crippen LogP contribution in [0.3, 0.4) is 0 Å². The Morgan fingerprint density at radius 2 is 1.30 bits per heavy atom. The molecule has 33 heavy (non-hydrogen) atoms. The Labute approximate surface area is 193 Å². The zero-order valence-electron chi connectivity index (χ0n) is 17.2. The van der Waals surface area contributed by atoms with E-state index in [1.54, 1.807) is 0 Å². The number of ether oxygens (including phenoxy) is 2. The van der Waals surface area contributed by atoms with Crippen LogP contribution in [0.5, 0.6) is 0 Å². The van der Waals surface area contributed by atoms with Crippen LogP contribution in [-0.2, 0) is 22.7 Å². The van der Waals surface area contributed by atoms with E-state index in [1.165, 1.54) is 12.3 Å². The van der Waals surface area contributed by atoms with E-state index < -0.39 is 12.2 Å². The van der Waals surface area contributed by atoms with Gasteiger partial charge < -0.3 is 9.47 Å². The summed E-state index contributed by atoms with van der Waals surface area (Å²) in [5.41, 5.74) is 2.13. The van der Waals surface area contributed by atoms with Gasteiger partial charge >= 0.3 is 12.2 Å². The fraction of sp³-hybridized carbons (Fsp3) is 0.0870. The highest BCUT2D eigenvalue weighted by molar-refractivity contribution is 6.35. The molecule has 0 saturated carbocycles. The summed E-state index contributed by atoms with van der Waals surface area (Å²) in [6.07, 6.45) is -0.0631. The molecule has 0 bridgehead atoms. The summed E-state index contributed by atoms with van der Waals surface area (Å²) in [5, 5.41) is 5.23. The van der Waals surface area contributed by atoms with Crippen molar-refractivity contribution in [3.8, 4) is 0 Å². The Hall–Kier alpha value is -4.24. The standard InChI is InChI=1S/C23H18ClN5O4/c24-17-11-18(28-22(30)32-13-15-7-3-1-4-8-15)26-21-20(17)25-12-19(27-21)29-23(31)33-14-16-9-5-2-6-10-16/h1-12H,13-14H2,(H2,26,27,28,29,30,31). The molecule has 0 aliphatic carbocycles. The van der Waals surface area contributed by atoms with Crippen molar-refractivity contribution in [1.82, 2.24) is 15.0 Å². The number of aromatic nitrogens is 3. The van der Waals surface area contributed by atoms with E-state index in [0.29, 0.717) is 5.52 Å². The fourth-order valence-corrected chi connectivity index (χ4v) is 3.05. The lowest BCUT2D eigenvalue weighted by Gasteiger charge is -2.09. The van der Waals surface area contributed by atoms with Gasteiger partial charge in [-0.05, 0) is 11.1 Å². The summed E-state index contributed by atoms with van der Waals surface area (Å²) < 4.78 is 10.4. The lowest BCUT2D eigenvalue weighted by Crippen LogP contribution is -2.16. The SMILES string of the molecule is O=C(Nc1cnc2c(Cl)cc(NC(=O)OCc3ccccc3)nc2n1)OCc1ccccc1. The second kappa shape index (κ2) is 10.4. The molecule has 4 rings (SSSR count). The molecule has 166 valence electrons. The highest BCUT2D eigenvalue weighted by Gasteiger charge is 2.13. The Morgan fingerprint density at radius 3 is 1.88 bits per heavy atom. The zero-order valence-corrected chi connectivity index (χ0v) is 18.0. The van der Waals surface area contributed by atoms with Crippen molar-refractivity contribution in [3.05, 3.63) is 89.1 Å². The average Bonchev–Trinajstić information content (AvgIpc) is 2.82. The first-order valence-electron chi connectivity index (χ1n) is 9.85. The van der Waals surface area contributed by atoms with Gasteiger partial charge in [0, 0.05) is 6.07 Å². The number of hydrogen-bond acceptors (Lipinski definition) is 7. The third-order valence-corrected chi connectivity index (χ3v) is 4.64. The summed E-state index contributed by atoms with van der Waals surface area (Å²) in [4.78, 5) is 36.8. The van der Waals surface area contributed by atoms with E-state index in [4.69, 9.17) is 21.1 Å². The maximum atomic E-state index is 12.1. The highest BCUT2D eigenvalue weighted by Crippen LogP contribution is 2.23. The van der Waals surface area contributed by atoms with E-state index in [0.717, 1.165) is 11.1 Å². The van der Waals surface area contributed by atoms with Crippen molar-refractivity contribution < 1.29 is 19.1 Å². The molecule has 0 saturated heterocycles. The van der Waals surface area contributed by atoms with Crippen LogP contribution in [0, 0.1) is 0 Å². The molecule has 0 atom stereocenters. The Morgan fingerprint density at radius 1 is 0.788 bits per heavy atom. The second-order valence-corrected chi connectivity index (χ2v) is 7.20. The third kappa shape index (κ3) is 6.14. The number of carbonyl (C=O) groups is 2. The average molecular weight is 464 g/mol. The summed E-state index contributed by atoms with van der Waals surface area (Å²) in [6, 6.07) is 19.9. The number of nitrogens with zero attached hydrogens (tertiary/aromatic N) is 3. The lowest BCUT2D eigenvalue weighted by molar-refractivity contribution is 0.154. The molecule has 2 aromatic carbocycles. The monoisotopic (exact) mass is 463 g/mol. The fourth-order valence-electron chi connectivity index (χ4n) is 2.81. The Balaban J connectivity index is 1.40. The summed E-state index contributed by atoms with van der Waals surface area (Å²) in [7, 11) is 0. The molecule has 0 aliphatic heterocycles. The first-order chi connectivity index (χ1) is 16.1. The minimum Gasteiger partial charge on any atom is -0.444 e. The van der Waals surface area contributed by atoms with Gasteiger partial charge in [0.15, 0.2) is 11.5 Å². The number of amides is 2. The van der Waals surface area contributed by atoms with Gasteiger partial charge in [-0.1, -0.05) is 72.3 Å². The number of benzene rings is 2. The van der Waals surface area contributed by atoms with Crippen LogP contribution in [0.4, 0.5) is 21.2 Å². The van der Waals surface area contributed by atoms with Gasteiger partial charge in [0.2, 0.25) is 0 Å². The number of nitrogens with one attached hydrogen (secondary N) is 2. The van der Waals surface area contributed by atoms with Crippen LogP contribution >= 0.6 is 11.6 Å². The van der Waals surface area contributed by atoms with Crippen LogP contribution in [0.1, 0.15) is 11.1 Å². The first kappa shape index (κ1) is 22.0. The zero-order chi connectivity index (χ0) is 23.0. The minimum atomic E-state index is -0.700. The molecule has 0 radical (unpaired) electrons. The molecule has 2 heterocycles. The van der Waals surface area contributed by atoms with Gasteiger partial charge in [0.05, 0.1) is 11.2 Å². The van der Waals surface area contributed by atoms with Crippen molar-refractivity contribution in [1.29, 1.82) is 0 Å². The number of anilines is 2. The predicted molar refractivity (Wildman–Crippen MR) is 123 cm³/mol. The van der Waals surface area contributed by atoms with E-state index in [1.807, 2.05) is 60.7 Å². The van der Waals surface area contributed by atoms with Gasteiger partial charge in [-0.15, -0.1) is 0 Å². The third-order valence-electron chi connectivity index (χ3n) is 4.36. The molecule has 0 unspecified atom stereocenters. The van der Waals surface area contributed by atoms with Crippen molar-refractivity contribution >= 4 is 46.6 Å². The molecule has 9 nitrogen and oxygen atoms in total. The number of hydrogen-bond donors (Lipinski definition) is 2. The molecule has 10 heteroatoms. The second-order valence-electron chi connectivity index (χ2n) is 6.79. The van der Waals surface area contributed by atoms with Crippen molar-refractivity contribution in [2.75, 3.05) is 10.6 Å². The normalized spacial score (nSPS) is 10.5. The summed E-state index contributed by atoms with van der Waals surface area (Å²) in [5.74, 6) is 0.247. The smallest absolute Gasteiger partial charge is 0.413 e. The number of rotatable bonds is 6. The maximum Gasteiger partial charge on any atom is 0.413 e. The van der Waals surface area contributed by atoms with Gasteiger partial charge in [-0.25, -0.2) is 24.5 Å². The molecule has 2 aromatic heterocycles. The number of halogens is 1. The van der Waals surface area contributed by atoms with Crippen LogP contribution in [-0.4, -0.2) is 27.1 Å². The molecule has 0 aliphatic rings. The molecule has 2 amide bonds. The van der Waals surface area contributed by atoms with Crippen molar-refractivity contribution in [2.24, 2.45) is 0 Å². The number of fused-ring (bicyclic) bond motifs is 1. The Kier molecular flexibility index (Phi) is 6.91. The molecule has 2 N–H and O–H groups in total. The van der Waals surface area contributed by atoms with Crippen LogP contribution in [0.2, 0.25) is 5.02 Å². The first-order valence-corrected chi connectivity index (χ1v) is 10.2. The quantitative estimate of drug-likeness (QED) is 0.405. The van der Waals surface area contributed by atoms with Gasteiger partial charge in [-0.3, -0.25) is 10.6 Å². The van der Waals surface area contributed by atoms with Crippen LogP contribution in [0.15, 0.2) is 72.9 Å².